The van der Waals surface area contributed by atoms with E-state index in [-0.39, 0.29) is 5.41 Å². The highest BCUT2D eigenvalue weighted by Crippen LogP contribution is 2.25. The van der Waals surface area contributed by atoms with Gasteiger partial charge in [0.05, 0.1) is 6.54 Å². The molecule has 0 spiro atoms. The zero-order valence-electron chi connectivity index (χ0n) is 14.9. The molecular formula is C16H24N8S. The van der Waals surface area contributed by atoms with Gasteiger partial charge in [-0.05, 0) is 6.07 Å². The molecule has 2 aromatic rings. The first-order valence-electron chi connectivity index (χ1n) is 8.33. The number of hydrogen-bond acceptors (Lipinski definition) is 7. The van der Waals surface area contributed by atoms with Crippen molar-refractivity contribution in [1.82, 2.24) is 25.1 Å². The van der Waals surface area contributed by atoms with Crippen LogP contribution < -0.4 is 10.6 Å². The van der Waals surface area contributed by atoms with Gasteiger partial charge in [0, 0.05) is 44.0 Å². The van der Waals surface area contributed by atoms with Crippen molar-refractivity contribution in [1.29, 1.82) is 0 Å². The highest BCUT2D eigenvalue weighted by atomic mass is 32.1. The number of rotatable bonds is 3. The molecule has 0 aliphatic carbocycles. The lowest BCUT2D eigenvalue weighted by atomic mass is 9.98. The van der Waals surface area contributed by atoms with E-state index in [9.17, 15) is 0 Å². The van der Waals surface area contributed by atoms with Gasteiger partial charge in [-0.15, -0.1) is 10.2 Å². The van der Waals surface area contributed by atoms with Gasteiger partial charge in [0.25, 0.3) is 0 Å². The van der Waals surface area contributed by atoms with Crippen LogP contribution in [0.4, 0.5) is 5.95 Å². The molecule has 0 bridgehead atoms. The Labute approximate surface area is 151 Å². The Morgan fingerprint density at radius 2 is 1.84 bits per heavy atom. The molecule has 1 saturated heterocycles. The molecule has 1 aliphatic rings. The van der Waals surface area contributed by atoms with Crippen LogP contribution in [0.3, 0.4) is 0 Å². The average molecular weight is 360 g/mol. The predicted molar refractivity (Wildman–Crippen MR) is 99.8 cm³/mol. The minimum atomic E-state index is 0.0149. The molecule has 2 aromatic heterocycles. The summed E-state index contributed by atoms with van der Waals surface area (Å²) >= 11 is 1.60. The summed E-state index contributed by atoms with van der Waals surface area (Å²) in [6, 6.07) is 1.82. The zero-order valence-corrected chi connectivity index (χ0v) is 15.7. The second-order valence-electron chi connectivity index (χ2n) is 6.95. The second-order valence-corrected chi connectivity index (χ2v) is 8.01. The van der Waals surface area contributed by atoms with Gasteiger partial charge in [-0.2, -0.15) is 0 Å². The maximum Gasteiger partial charge on any atom is 0.225 e. The Morgan fingerprint density at radius 3 is 2.44 bits per heavy atom. The summed E-state index contributed by atoms with van der Waals surface area (Å²) in [5.41, 5.74) is 6.17. The first-order valence-corrected chi connectivity index (χ1v) is 9.15. The minimum Gasteiger partial charge on any atom is -0.370 e. The van der Waals surface area contributed by atoms with E-state index in [2.05, 4.69) is 55.7 Å². The molecule has 0 amide bonds. The van der Waals surface area contributed by atoms with Gasteiger partial charge < -0.3 is 15.5 Å². The number of aromatic nitrogens is 4. The quantitative estimate of drug-likeness (QED) is 0.650. The molecule has 0 radical (unpaired) electrons. The Bertz CT molecular complexity index is 713. The second kappa shape index (κ2) is 7.30. The van der Waals surface area contributed by atoms with Gasteiger partial charge in [0.1, 0.15) is 10.0 Å². The number of anilines is 1. The normalized spacial score (nSPS) is 16.4. The summed E-state index contributed by atoms with van der Waals surface area (Å²) in [5.74, 6) is 1.32. The average Bonchev–Trinajstić information content (AvgIpc) is 3.10. The molecule has 1 aliphatic heterocycles. The van der Waals surface area contributed by atoms with Crippen molar-refractivity contribution in [2.24, 2.45) is 10.7 Å². The summed E-state index contributed by atoms with van der Waals surface area (Å²) in [6.07, 6.45) is 3.52. The monoisotopic (exact) mass is 360 g/mol. The van der Waals surface area contributed by atoms with Crippen molar-refractivity contribution in [3.8, 4) is 0 Å². The summed E-state index contributed by atoms with van der Waals surface area (Å²) in [6.45, 7) is 10.1. The fourth-order valence-corrected chi connectivity index (χ4v) is 3.28. The maximum atomic E-state index is 6.16. The number of nitrogens with zero attached hydrogens (tertiary/aromatic N) is 7. The van der Waals surface area contributed by atoms with E-state index >= 15 is 0 Å². The molecular weight excluding hydrogens is 336 g/mol. The van der Waals surface area contributed by atoms with Crippen molar-refractivity contribution in [2.75, 3.05) is 31.1 Å². The third-order valence-electron chi connectivity index (χ3n) is 3.92. The van der Waals surface area contributed by atoms with Gasteiger partial charge in [0.2, 0.25) is 5.95 Å². The van der Waals surface area contributed by atoms with Crippen LogP contribution in [0.2, 0.25) is 0 Å². The maximum absolute atomic E-state index is 6.16. The van der Waals surface area contributed by atoms with Crippen molar-refractivity contribution >= 4 is 23.2 Å². The molecule has 25 heavy (non-hydrogen) atoms. The Morgan fingerprint density at radius 1 is 1.16 bits per heavy atom. The van der Waals surface area contributed by atoms with Crippen LogP contribution in [0.25, 0.3) is 0 Å². The highest BCUT2D eigenvalue weighted by molar-refractivity contribution is 7.11. The van der Waals surface area contributed by atoms with Crippen molar-refractivity contribution in [3.63, 3.8) is 0 Å². The number of guanidine groups is 1. The van der Waals surface area contributed by atoms with Crippen LogP contribution in [0.1, 0.15) is 30.8 Å². The molecule has 9 heteroatoms. The molecule has 3 rings (SSSR count). The van der Waals surface area contributed by atoms with Gasteiger partial charge >= 0.3 is 0 Å². The van der Waals surface area contributed by atoms with E-state index in [1.807, 2.05) is 6.07 Å². The lowest BCUT2D eigenvalue weighted by Gasteiger charge is -2.35. The predicted octanol–water partition coefficient (Wildman–Crippen LogP) is 1.26. The lowest BCUT2D eigenvalue weighted by molar-refractivity contribution is 0.378. The van der Waals surface area contributed by atoms with Crippen LogP contribution >= 0.6 is 11.3 Å². The smallest absolute Gasteiger partial charge is 0.225 e. The first kappa shape index (κ1) is 17.5. The summed E-state index contributed by atoms with van der Waals surface area (Å²) in [4.78, 5) is 17.3. The third kappa shape index (κ3) is 4.41. The van der Waals surface area contributed by atoms with Crippen LogP contribution in [-0.4, -0.2) is 57.2 Å². The van der Waals surface area contributed by atoms with E-state index in [0.717, 1.165) is 42.1 Å². The van der Waals surface area contributed by atoms with E-state index in [0.29, 0.717) is 12.5 Å². The third-order valence-corrected chi connectivity index (χ3v) is 5.26. The van der Waals surface area contributed by atoms with Crippen LogP contribution in [-0.2, 0) is 12.0 Å². The number of hydrogen-bond donors (Lipinski definition) is 1. The summed E-state index contributed by atoms with van der Waals surface area (Å²) < 4.78 is 0. The van der Waals surface area contributed by atoms with Gasteiger partial charge in [-0.1, -0.05) is 32.1 Å². The van der Waals surface area contributed by atoms with Crippen molar-refractivity contribution < 1.29 is 0 Å². The zero-order chi connectivity index (χ0) is 17.9. The molecule has 0 aromatic carbocycles. The lowest BCUT2D eigenvalue weighted by Crippen LogP contribution is -2.51. The van der Waals surface area contributed by atoms with E-state index < -0.39 is 0 Å². The molecule has 2 N–H and O–H groups in total. The number of nitrogens with two attached hydrogens (primary N) is 1. The fourth-order valence-electron chi connectivity index (χ4n) is 2.46. The summed E-state index contributed by atoms with van der Waals surface area (Å²) in [7, 11) is 0. The van der Waals surface area contributed by atoms with Crippen LogP contribution in [0.5, 0.6) is 0 Å². The largest absolute Gasteiger partial charge is 0.370 e. The highest BCUT2D eigenvalue weighted by Gasteiger charge is 2.21. The molecule has 1 fully saturated rings. The van der Waals surface area contributed by atoms with Crippen LogP contribution in [0.15, 0.2) is 23.5 Å². The molecule has 0 atom stereocenters. The van der Waals surface area contributed by atoms with E-state index in [4.69, 9.17) is 5.73 Å². The minimum absolute atomic E-state index is 0.0149. The Kier molecular flexibility index (Phi) is 5.12. The molecule has 3 heterocycles. The topological polar surface area (TPSA) is 96.4 Å². The molecule has 8 nitrogen and oxygen atoms in total. The Balaban J connectivity index is 1.54. The SMILES string of the molecule is CC(C)(C)c1nnc(CN=C(N)N2CCN(c3ncccn3)CC2)s1. The van der Waals surface area contributed by atoms with Gasteiger partial charge in [0.15, 0.2) is 5.96 Å². The fraction of sp³-hybridized carbons (Fsp3) is 0.562. The van der Waals surface area contributed by atoms with Crippen LogP contribution in [0, 0.1) is 0 Å². The standard InChI is InChI=1S/C16H24N8S/c1-16(2,3)13-22-21-12(25-13)11-20-14(17)23-7-9-24(10-8-23)15-18-5-4-6-19-15/h4-6H,7-11H2,1-3H3,(H2,17,20). The molecule has 0 saturated carbocycles. The first-order chi connectivity index (χ1) is 11.9. The molecule has 0 unspecified atom stereocenters. The van der Waals surface area contributed by atoms with Gasteiger partial charge in [-0.3, -0.25) is 0 Å². The number of piperazine rings is 1. The van der Waals surface area contributed by atoms with E-state index in [1.165, 1.54) is 0 Å². The molecule has 134 valence electrons. The Hall–Kier alpha value is -2.29. The summed E-state index contributed by atoms with van der Waals surface area (Å²) in [5, 5.41) is 10.4. The van der Waals surface area contributed by atoms with Crippen molar-refractivity contribution in [2.45, 2.75) is 32.7 Å². The van der Waals surface area contributed by atoms with Crippen molar-refractivity contribution in [3.05, 3.63) is 28.5 Å². The van der Waals surface area contributed by atoms with Gasteiger partial charge in [-0.25, -0.2) is 15.0 Å². The number of aliphatic imine (C=N–C) groups is 1. The van der Waals surface area contributed by atoms with E-state index in [1.54, 1.807) is 23.7 Å².